The first-order valence-corrected chi connectivity index (χ1v) is 4.48. The molecular weight excluding hydrogens is 196 g/mol. The maximum absolute atomic E-state index is 11.4. The van der Waals surface area contributed by atoms with Crippen LogP contribution in [0.5, 0.6) is 11.5 Å². The van der Waals surface area contributed by atoms with Crippen molar-refractivity contribution < 1.29 is 9.47 Å². The van der Waals surface area contributed by atoms with Crippen molar-refractivity contribution >= 4 is 11.0 Å². The van der Waals surface area contributed by atoms with Crippen molar-refractivity contribution in [3.63, 3.8) is 0 Å². The number of rotatable bonds is 2. The SMILES string of the molecule is COc1ccc2c([nH]c(=O)n2C)c1OC. The number of nitrogens with one attached hydrogen (secondary N) is 1. The second-order valence-corrected chi connectivity index (χ2v) is 3.18. The lowest BCUT2D eigenvalue weighted by Gasteiger charge is -2.07. The van der Waals surface area contributed by atoms with Crippen molar-refractivity contribution in [2.45, 2.75) is 0 Å². The molecule has 0 saturated carbocycles. The molecule has 1 aromatic heterocycles. The van der Waals surface area contributed by atoms with Crippen LogP contribution in [0.4, 0.5) is 0 Å². The highest BCUT2D eigenvalue weighted by atomic mass is 16.5. The molecule has 0 atom stereocenters. The highest BCUT2D eigenvalue weighted by molar-refractivity contribution is 5.84. The molecule has 0 spiro atoms. The minimum absolute atomic E-state index is 0.170. The van der Waals surface area contributed by atoms with Gasteiger partial charge in [0.1, 0.15) is 5.52 Å². The van der Waals surface area contributed by atoms with E-state index in [4.69, 9.17) is 9.47 Å². The van der Waals surface area contributed by atoms with Gasteiger partial charge in [0.2, 0.25) is 0 Å². The van der Waals surface area contributed by atoms with E-state index in [1.807, 2.05) is 6.07 Å². The van der Waals surface area contributed by atoms with Crippen molar-refractivity contribution in [3.8, 4) is 11.5 Å². The molecule has 0 saturated heterocycles. The number of ether oxygens (including phenoxy) is 2. The topological polar surface area (TPSA) is 56.2 Å². The predicted molar refractivity (Wildman–Crippen MR) is 56.6 cm³/mol. The number of methoxy groups -OCH3 is 2. The Hall–Kier alpha value is -1.91. The number of hydrogen-bond donors (Lipinski definition) is 1. The number of hydrogen-bond acceptors (Lipinski definition) is 3. The lowest BCUT2D eigenvalue weighted by Crippen LogP contribution is -2.11. The Morgan fingerprint density at radius 1 is 1.27 bits per heavy atom. The summed E-state index contributed by atoms with van der Waals surface area (Å²) in [6.07, 6.45) is 0. The summed E-state index contributed by atoms with van der Waals surface area (Å²) < 4.78 is 11.9. The monoisotopic (exact) mass is 208 g/mol. The lowest BCUT2D eigenvalue weighted by molar-refractivity contribution is 0.358. The third kappa shape index (κ3) is 1.27. The van der Waals surface area contributed by atoms with Crippen LogP contribution in [0.15, 0.2) is 16.9 Å². The highest BCUT2D eigenvalue weighted by Gasteiger charge is 2.12. The molecule has 0 bridgehead atoms. The molecule has 1 aromatic carbocycles. The van der Waals surface area contributed by atoms with E-state index in [-0.39, 0.29) is 5.69 Å². The van der Waals surface area contributed by atoms with E-state index in [9.17, 15) is 4.79 Å². The van der Waals surface area contributed by atoms with Gasteiger partial charge in [-0.15, -0.1) is 0 Å². The fourth-order valence-corrected chi connectivity index (χ4v) is 1.62. The molecule has 0 aliphatic rings. The average molecular weight is 208 g/mol. The van der Waals surface area contributed by atoms with Crippen LogP contribution in [-0.4, -0.2) is 23.8 Å². The minimum atomic E-state index is -0.170. The third-order valence-electron chi connectivity index (χ3n) is 2.42. The molecule has 0 radical (unpaired) electrons. The molecule has 1 heterocycles. The van der Waals surface area contributed by atoms with Crippen molar-refractivity contribution in [1.29, 1.82) is 0 Å². The normalized spacial score (nSPS) is 10.6. The molecule has 15 heavy (non-hydrogen) atoms. The quantitative estimate of drug-likeness (QED) is 0.797. The van der Waals surface area contributed by atoms with E-state index in [1.165, 1.54) is 4.57 Å². The zero-order valence-electron chi connectivity index (χ0n) is 8.83. The van der Waals surface area contributed by atoms with Gasteiger partial charge in [-0.05, 0) is 12.1 Å². The van der Waals surface area contributed by atoms with Gasteiger partial charge in [-0.3, -0.25) is 4.57 Å². The van der Waals surface area contributed by atoms with E-state index in [1.54, 1.807) is 27.3 Å². The summed E-state index contributed by atoms with van der Waals surface area (Å²) in [5.74, 6) is 1.15. The molecule has 80 valence electrons. The van der Waals surface area contributed by atoms with Gasteiger partial charge in [0.05, 0.1) is 19.7 Å². The molecule has 2 rings (SSSR count). The largest absolute Gasteiger partial charge is 0.493 e. The highest BCUT2D eigenvalue weighted by Crippen LogP contribution is 2.33. The molecule has 5 heteroatoms. The smallest absolute Gasteiger partial charge is 0.326 e. The molecule has 2 aromatic rings. The molecule has 0 aliphatic carbocycles. The summed E-state index contributed by atoms with van der Waals surface area (Å²) in [6, 6.07) is 3.59. The van der Waals surface area contributed by atoms with E-state index in [2.05, 4.69) is 4.98 Å². The molecule has 0 unspecified atom stereocenters. The summed E-state index contributed by atoms with van der Waals surface area (Å²) in [5, 5.41) is 0. The Balaban J connectivity index is 2.88. The molecule has 1 N–H and O–H groups in total. The zero-order chi connectivity index (χ0) is 11.0. The Morgan fingerprint density at radius 3 is 2.60 bits per heavy atom. The van der Waals surface area contributed by atoms with Gasteiger partial charge >= 0.3 is 5.69 Å². The van der Waals surface area contributed by atoms with E-state index < -0.39 is 0 Å². The van der Waals surface area contributed by atoms with Crippen LogP contribution in [-0.2, 0) is 7.05 Å². The van der Waals surface area contributed by atoms with Gasteiger partial charge in [-0.1, -0.05) is 0 Å². The maximum atomic E-state index is 11.4. The van der Waals surface area contributed by atoms with Crippen LogP contribution >= 0.6 is 0 Å². The number of aromatic amines is 1. The molecular formula is C10H12N2O3. The Bertz CT molecular complexity index is 554. The summed E-state index contributed by atoms with van der Waals surface area (Å²) >= 11 is 0. The molecule has 0 amide bonds. The van der Waals surface area contributed by atoms with Gasteiger partial charge in [0.15, 0.2) is 11.5 Å². The van der Waals surface area contributed by atoms with Gasteiger partial charge in [0, 0.05) is 7.05 Å². The Morgan fingerprint density at radius 2 is 2.00 bits per heavy atom. The number of imidazole rings is 1. The standard InChI is InChI=1S/C10H12N2O3/c1-12-6-4-5-7(14-2)9(15-3)8(6)11-10(12)13/h4-5H,1-3H3,(H,11,13). The number of benzene rings is 1. The van der Waals surface area contributed by atoms with Crippen molar-refractivity contribution in [2.75, 3.05) is 14.2 Å². The lowest BCUT2D eigenvalue weighted by atomic mass is 10.2. The predicted octanol–water partition coefficient (Wildman–Crippen LogP) is 0.884. The van der Waals surface area contributed by atoms with Crippen molar-refractivity contribution in [1.82, 2.24) is 9.55 Å². The summed E-state index contributed by atoms with van der Waals surface area (Å²) in [5.41, 5.74) is 1.28. The molecule has 0 fully saturated rings. The van der Waals surface area contributed by atoms with Gasteiger partial charge < -0.3 is 14.5 Å². The second-order valence-electron chi connectivity index (χ2n) is 3.18. The number of H-pyrrole nitrogens is 1. The number of nitrogens with zero attached hydrogens (tertiary/aromatic N) is 1. The summed E-state index contributed by atoms with van der Waals surface area (Å²) in [4.78, 5) is 14.1. The first-order valence-electron chi connectivity index (χ1n) is 4.48. The van der Waals surface area contributed by atoms with Gasteiger partial charge in [-0.2, -0.15) is 0 Å². The maximum Gasteiger partial charge on any atom is 0.326 e. The number of fused-ring (bicyclic) bond motifs is 1. The first kappa shape index (κ1) is 9.64. The van der Waals surface area contributed by atoms with E-state index >= 15 is 0 Å². The first-order chi connectivity index (χ1) is 7.19. The second kappa shape index (κ2) is 3.34. The minimum Gasteiger partial charge on any atom is -0.493 e. The summed E-state index contributed by atoms with van der Waals surface area (Å²) in [7, 11) is 4.81. The number of aromatic nitrogens is 2. The van der Waals surface area contributed by atoms with E-state index in [0.717, 1.165) is 5.52 Å². The van der Waals surface area contributed by atoms with Crippen LogP contribution in [0, 0.1) is 0 Å². The van der Waals surface area contributed by atoms with Crippen LogP contribution < -0.4 is 15.2 Å². The Kier molecular flexibility index (Phi) is 2.15. The number of aryl methyl sites for hydroxylation is 1. The van der Waals surface area contributed by atoms with Crippen LogP contribution in [0.3, 0.4) is 0 Å². The molecule has 5 nitrogen and oxygen atoms in total. The van der Waals surface area contributed by atoms with Crippen LogP contribution in [0.2, 0.25) is 0 Å². The van der Waals surface area contributed by atoms with Crippen LogP contribution in [0.25, 0.3) is 11.0 Å². The molecule has 0 aliphatic heterocycles. The Labute approximate surface area is 86.2 Å². The van der Waals surface area contributed by atoms with Gasteiger partial charge in [0.25, 0.3) is 0 Å². The fraction of sp³-hybridized carbons (Fsp3) is 0.300. The summed E-state index contributed by atoms with van der Waals surface area (Å²) in [6.45, 7) is 0. The van der Waals surface area contributed by atoms with Crippen LogP contribution in [0.1, 0.15) is 0 Å². The fourth-order valence-electron chi connectivity index (χ4n) is 1.62. The van der Waals surface area contributed by atoms with Gasteiger partial charge in [-0.25, -0.2) is 4.79 Å². The average Bonchev–Trinajstić information content (AvgIpc) is 2.54. The van der Waals surface area contributed by atoms with E-state index in [0.29, 0.717) is 17.0 Å². The van der Waals surface area contributed by atoms with Crippen molar-refractivity contribution in [3.05, 3.63) is 22.6 Å². The van der Waals surface area contributed by atoms with Crippen molar-refractivity contribution in [2.24, 2.45) is 7.05 Å². The third-order valence-corrected chi connectivity index (χ3v) is 2.42. The zero-order valence-corrected chi connectivity index (χ0v) is 8.83.